The van der Waals surface area contributed by atoms with E-state index < -0.39 is 43.6 Å². The molecule has 270 valence electrons. The molecule has 0 aliphatic rings. The maximum atomic E-state index is 13.2. The normalized spacial score (nSPS) is 11.9. The average Bonchev–Trinajstić information content (AvgIpc) is 3.34. The number of amides is 2. The number of nitrogens with zero attached hydrogens (tertiary/aromatic N) is 4. The van der Waals surface area contributed by atoms with Crippen molar-refractivity contribution in [3.8, 4) is 0 Å². The number of nitrogens with one attached hydrogen (secondary N) is 3. The summed E-state index contributed by atoms with van der Waals surface area (Å²) in [5.41, 5.74) is 1.55. The van der Waals surface area contributed by atoms with E-state index >= 15 is 0 Å². The Morgan fingerprint density at radius 3 is 2.36 bits per heavy atom. The predicted octanol–water partition coefficient (Wildman–Crippen LogP) is 7.32. The third-order valence-electron chi connectivity index (χ3n) is 7.58. The van der Waals surface area contributed by atoms with Crippen molar-refractivity contribution in [1.82, 2.24) is 20.2 Å². The number of fused-ring (bicyclic) bond motifs is 1. The lowest BCUT2D eigenvalue weighted by molar-refractivity contribution is -0.905. The molecule has 0 aliphatic carbocycles. The van der Waals surface area contributed by atoms with Crippen molar-refractivity contribution < 1.29 is 45.9 Å². The van der Waals surface area contributed by atoms with Crippen LogP contribution in [-0.2, 0) is 13.6 Å². The average molecular weight is 750 g/mol. The molecule has 2 aromatic carbocycles. The van der Waals surface area contributed by atoms with Crippen molar-refractivity contribution in [1.29, 1.82) is 0 Å². The summed E-state index contributed by atoms with van der Waals surface area (Å²) < 4.78 is 79.7. The highest BCUT2D eigenvalue weighted by Gasteiger charge is 2.29. The van der Waals surface area contributed by atoms with Crippen LogP contribution in [0.3, 0.4) is 0 Å². The van der Waals surface area contributed by atoms with E-state index in [1.54, 1.807) is 46.8 Å². The Morgan fingerprint density at radius 2 is 1.70 bits per heavy atom. The predicted molar refractivity (Wildman–Crippen MR) is 176 cm³/mol. The molecule has 4 aromatic rings. The number of alkyl halides is 6. The monoisotopic (exact) mass is 748 g/mol. The van der Waals surface area contributed by atoms with Crippen LogP contribution in [0.25, 0.3) is 11.0 Å². The highest BCUT2D eigenvalue weighted by Crippen LogP contribution is 2.37. The molecule has 2 aromatic heterocycles. The van der Waals surface area contributed by atoms with E-state index in [1.165, 1.54) is 18.3 Å². The molecule has 0 saturated carbocycles. The lowest BCUT2D eigenvalue weighted by atomic mass is 10.1. The third kappa shape index (κ3) is 9.84. The molecule has 0 fully saturated rings. The van der Waals surface area contributed by atoms with Gasteiger partial charge in [-0.2, -0.15) is 26.3 Å². The van der Waals surface area contributed by atoms with Crippen LogP contribution >= 0.6 is 23.2 Å². The maximum absolute atomic E-state index is 13.2. The molecule has 0 atom stereocenters. The zero-order chi connectivity index (χ0) is 36.8. The number of pyridine rings is 1. The second kappa shape index (κ2) is 16.1. The first-order valence-corrected chi connectivity index (χ1v) is 16.1. The van der Waals surface area contributed by atoms with Crippen molar-refractivity contribution >= 4 is 63.4 Å². The minimum Gasteiger partial charge on any atom is -0.371 e. The summed E-state index contributed by atoms with van der Waals surface area (Å²) in [4.78, 5) is 32.0. The van der Waals surface area contributed by atoms with Crippen molar-refractivity contribution in [2.24, 2.45) is 7.05 Å². The SMILES string of the molecule is CCCN(CCCC(F)(F)F)c1cc2c(cc1C(=O)NCCC(F)(F)F)nc(Nc1c(Cl)ccc(CNC(=O)c3cccc[n+]3O)c1Cl)n2C. The van der Waals surface area contributed by atoms with Crippen LogP contribution in [0.4, 0.5) is 43.7 Å². The molecule has 0 unspecified atom stereocenters. The van der Waals surface area contributed by atoms with E-state index in [0.29, 0.717) is 22.2 Å². The van der Waals surface area contributed by atoms with E-state index in [1.807, 2.05) is 6.92 Å². The van der Waals surface area contributed by atoms with Crippen LogP contribution in [0, 0.1) is 0 Å². The highest BCUT2D eigenvalue weighted by atomic mass is 35.5. The molecule has 2 amide bonds. The molecule has 0 spiro atoms. The second-order valence-corrected chi connectivity index (χ2v) is 12.1. The van der Waals surface area contributed by atoms with Crippen LogP contribution in [0.5, 0.6) is 0 Å². The largest absolute Gasteiger partial charge is 0.390 e. The number of halogens is 8. The summed E-state index contributed by atoms with van der Waals surface area (Å²) >= 11 is 13.2. The molecule has 4 N–H and O–H groups in total. The fourth-order valence-electron chi connectivity index (χ4n) is 5.13. The molecular weight excluding hydrogens is 715 g/mol. The Balaban J connectivity index is 1.68. The smallest absolute Gasteiger partial charge is 0.371 e. The van der Waals surface area contributed by atoms with E-state index in [0.717, 1.165) is 0 Å². The lowest BCUT2D eigenvalue weighted by Gasteiger charge is -2.27. The molecule has 10 nitrogen and oxygen atoms in total. The molecule has 50 heavy (non-hydrogen) atoms. The second-order valence-electron chi connectivity index (χ2n) is 11.3. The highest BCUT2D eigenvalue weighted by molar-refractivity contribution is 6.39. The molecule has 0 aliphatic heterocycles. The number of carbonyl (C=O) groups is 2. The van der Waals surface area contributed by atoms with Crippen LogP contribution in [0.2, 0.25) is 10.0 Å². The zero-order valence-corrected chi connectivity index (χ0v) is 28.4. The minimum absolute atomic E-state index is 0.0127. The number of rotatable bonds is 14. The summed E-state index contributed by atoms with van der Waals surface area (Å²) in [6.07, 6.45) is -9.69. The fraction of sp³-hybridized carbons (Fsp3) is 0.375. The van der Waals surface area contributed by atoms with Crippen molar-refractivity contribution in [2.45, 2.75) is 51.5 Å². The molecule has 4 rings (SSSR count). The molecule has 18 heteroatoms. The number of carbonyl (C=O) groups excluding carboxylic acids is 2. The number of benzene rings is 2. The van der Waals surface area contributed by atoms with Gasteiger partial charge in [0, 0.05) is 56.5 Å². The van der Waals surface area contributed by atoms with Crippen molar-refractivity contribution in [3.05, 3.63) is 75.5 Å². The summed E-state index contributed by atoms with van der Waals surface area (Å²) in [7, 11) is 1.63. The molecule has 0 bridgehead atoms. The van der Waals surface area contributed by atoms with Crippen LogP contribution < -0.4 is 25.6 Å². The lowest BCUT2D eigenvalue weighted by Crippen LogP contribution is -2.41. The number of hydrogen-bond donors (Lipinski definition) is 4. The Hall–Kier alpha value is -4.44. The van der Waals surface area contributed by atoms with Gasteiger partial charge in [0.25, 0.3) is 5.91 Å². The Kier molecular flexibility index (Phi) is 12.3. The fourth-order valence-corrected chi connectivity index (χ4v) is 5.66. The third-order valence-corrected chi connectivity index (χ3v) is 8.33. The van der Waals surface area contributed by atoms with Gasteiger partial charge in [-0.15, -0.1) is 0 Å². The van der Waals surface area contributed by atoms with Crippen molar-refractivity contribution in [2.75, 3.05) is 29.9 Å². The molecule has 0 radical (unpaired) electrons. The van der Waals surface area contributed by atoms with E-state index in [-0.39, 0.29) is 70.2 Å². The summed E-state index contributed by atoms with van der Waals surface area (Å²) in [5, 5.41) is 18.2. The van der Waals surface area contributed by atoms with Gasteiger partial charge in [0.2, 0.25) is 12.1 Å². The standard InChI is InChI=1S/C32H33Cl2F6N7O3/c1-3-13-46(14-6-10-31(35,36)37)24-17-25-22(16-20(24)28(48)41-12-11-32(38,39)40)43-30(45(25)2)44-27-21(33)9-8-19(26(27)34)18-42-29(49)23-7-4-5-15-47(23)50/h4-5,7-9,15-17H,3,6,10-14,18H2,1-2H3,(H3-,41,42,43,44,48,49,50)/p+1. The van der Waals surface area contributed by atoms with Crippen LogP contribution in [-0.4, -0.2) is 58.6 Å². The van der Waals surface area contributed by atoms with Gasteiger partial charge in [0.1, 0.15) is 0 Å². The summed E-state index contributed by atoms with van der Waals surface area (Å²) in [6, 6.07) is 10.6. The van der Waals surface area contributed by atoms with E-state index in [9.17, 15) is 41.1 Å². The number of anilines is 3. The van der Waals surface area contributed by atoms with Gasteiger partial charge in [-0.1, -0.05) is 36.2 Å². The van der Waals surface area contributed by atoms with Gasteiger partial charge >= 0.3 is 24.0 Å². The molecule has 0 saturated heterocycles. The Bertz CT molecular complexity index is 1850. The minimum atomic E-state index is -4.51. The summed E-state index contributed by atoms with van der Waals surface area (Å²) in [6.45, 7) is 1.27. The van der Waals surface area contributed by atoms with E-state index in [4.69, 9.17) is 23.2 Å². The van der Waals surface area contributed by atoms with Gasteiger partial charge in [-0.05, 0) is 42.7 Å². The van der Waals surface area contributed by atoms with Crippen LogP contribution in [0.1, 0.15) is 59.0 Å². The van der Waals surface area contributed by atoms with Gasteiger partial charge in [-0.25, -0.2) is 4.98 Å². The number of hydrogen-bond acceptors (Lipinski definition) is 6. The van der Waals surface area contributed by atoms with Crippen molar-refractivity contribution in [3.63, 3.8) is 0 Å². The van der Waals surface area contributed by atoms with Gasteiger partial charge in [0.05, 0.1) is 44.4 Å². The maximum Gasteiger partial charge on any atom is 0.390 e. The first-order valence-electron chi connectivity index (χ1n) is 15.4. The first kappa shape index (κ1) is 38.4. The van der Waals surface area contributed by atoms with Gasteiger partial charge < -0.3 is 25.4 Å². The Labute approximate surface area is 292 Å². The number of imidazole rings is 1. The molecule has 2 heterocycles. The molecular formula is C32H34Cl2F6N7O3+. The first-order chi connectivity index (χ1) is 23.5. The quantitative estimate of drug-likeness (QED) is 0.0611. The van der Waals surface area contributed by atoms with E-state index in [2.05, 4.69) is 20.9 Å². The topological polar surface area (TPSA) is 115 Å². The van der Waals surface area contributed by atoms with Gasteiger partial charge in [-0.3, -0.25) is 14.8 Å². The van der Waals surface area contributed by atoms with Crippen LogP contribution in [0.15, 0.2) is 48.7 Å². The number of aromatic nitrogens is 3. The summed E-state index contributed by atoms with van der Waals surface area (Å²) in [5.74, 6) is -1.23. The zero-order valence-electron chi connectivity index (χ0n) is 26.9. The van der Waals surface area contributed by atoms with Gasteiger partial charge in [0.15, 0.2) is 0 Å². The number of aryl methyl sites for hydroxylation is 1. The Morgan fingerprint density at radius 1 is 0.980 bits per heavy atom.